The van der Waals surface area contributed by atoms with Crippen LogP contribution >= 0.6 is 0 Å². The lowest BCUT2D eigenvalue weighted by Gasteiger charge is -2.14. The number of hydrogen-bond donors (Lipinski definition) is 1. The van der Waals surface area contributed by atoms with E-state index in [0.717, 1.165) is 6.42 Å². The third-order valence-corrected chi connectivity index (χ3v) is 4.17. The molecular formula is C19H20N2O4. The first-order valence-corrected chi connectivity index (χ1v) is 8.28. The Labute approximate surface area is 145 Å². The largest absolute Gasteiger partial charge is 0.467 e. The molecule has 0 saturated heterocycles. The van der Waals surface area contributed by atoms with Gasteiger partial charge in [-0.15, -0.1) is 0 Å². The maximum absolute atomic E-state index is 12.5. The van der Waals surface area contributed by atoms with Crippen LogP contribution in [-0.4, -0.2) is 29.2 Å². The smallest absolute Gasteiger partial charge is 0.261 e. The average Bonchev–Trinajstić information content (AvgIpc) is 3.19. The summed E-state index contributed by atoms with van der Waals surface area (Å²) in [5, 5.41) is 2.73. The summed E-state index contributed by atoms with van der Waals surface area (Å²) in [5.41, 5.74) is 0.993. The van der Waals surface area contributed by atoms with Gasteiger partial charge in [-0.2, -0.15) is 0 Å². The summed E-state index contributed by atoms with van der Waals surface area (Å²) < 4.78 is 5.16. The highest BCUT2D eigenvalue weighted by molar-refractivity contribution is 6.22. The summed E-state index contributed by atoms with van der Waals surface area (Å²) in [4.78, 5) is 38.4. The van der Waals surface area contributed by atoms with Crippen molar-refractivity contribution in [3.05, 3.63) is 59.0 Å². The first kappa shape index (κ1) is 17.0. The number of benzene rings is 1. The molecule has 0 atom stereocenters. The topological polar surface area (TPSA) is 79.6 Å². The van der Waals surface area contributed by atoms with E-state index in [2.05, 4.69) is 5.32 Å². The molecule has 0 unspecified atom stereocenters. The fourth-order valence-electron chi connectivity index (χ4n) is 2.70. The first-order chi connectivity index (χ1) is 12.0. The molecule has 0 bridgehead atoms. The van der Waals surface area contributed by atoms with Crippen molar-refractivity contribution in [1.29, 1.82) is 0 Å². The predicted octanol–water partition coefficient (Wildman–Crippen LogP) is 2.85. The van der Waals surface area contributed by atoms with Crippen molar-refractivity contribution in [1.82, 2.24) is 10.2 Å². The Kier molecular flexibility index (Phi) is 4.70. The molecule has 0 spiro atoms. The van der Waals surface area contributed by atoms with Gasteiger partial charge in [0.2, 0.25) is 0 Å². The number of hydrogen-bond acceptors (Lipinski definition) is 4. The molecule has 6 heteroatoms. The lowest BCUT2D eigenvalue weighted by Crippen LogP contribution is -2.31. The van der Waals surface area contributed by atoms with Crippen molar-refractivity contribution in [2.45, 2.75) is 26.8 Å². The average molecular weight is 340 g/mol. The van der Waals surface area contributed by atoms with Crippen LogP contribution in [0.2, 0.25) is 0 Å². The van der Waals surface area contributed by atoms with Crippen LogP contribution in [0.1, 0.15) is 57.1 Å². The monoisotopic (exact) mass is 340 g/mol. The lowest BCUT2D eigenvalue weighted by molar-refractivity contribution is 0.0647. The molecule has 3 amide bonds. The van der Waals surface area contributed by atoms with Crippen LogP contribution in [0.25, 0.3) is 0 Å². The van der Waals surface area contributed by atoms with Crippen LogP contribution < -0.4 is 5.32 Å². The van der Waals surface area contributed by atoms with Gasteiger partial charge >= 0.3 is 0 Å². The van der Waals surface area contributed by atoms with Gasteiger partial charge in [0, 0.05) is 12.1 Å². The minimum absolute atomic E-state index is 0.260. The van der Waals surface area contributed by atoms with E-state index in [9.17, 15) is 14.4 Å². The van der Waals surface area contributed by atoms with Crippen molar-refractivity contribution < 1.29 is 18.8 Å². The Balaban J connectivity index is 1.73. The molecule has 0 saturated carbocycles. The maximum Gasteiger partial charge on any atom is 0.261 e. The molecule has 130 valence electrons. The molecule has 1 N–H and O–H groups in total. The van der Waals surface area contributed by atoms with Crippen molar-refractivity contribution in [3.63, 3.8) is 0 Å². The number of nitrogens with one attached hydrogen (secondary N) is 1. The minimum Gasteiger partial charge on any atom is -0.467 e. The quantitative estimate of drug-likeness (QED) is 0.820. The van der Waals surface area contributed by atoms with Crippen LogP contribution in [-0.2, 0) is 6.54 Å². The summed E-state index contributed by atoms with van der Waals surface area (Å²) in [6, 6.07) is 8.10. The zero-order chi connectivity index (χ0) is 18.0. The molecule has 0 fully saturated rings. The van der Waals surface area contributed by atoms with Gasteiger partial charge in [0.15, 0.2) is 0 Å². The fraction of sp³-hybridized carbons (Fsp3) is 0.316. The van der Waals surface area contributed by atoms with Gasteiger partial charge in [-0.1, -0.05) is 13.8 Å². The van der Waals surface area contributed by atoms with Crippen LogP contribution in [0.3, 0.4) is 0 Å². The molecule has 2 aromatic rings. The number of furan rings is 1. The summed E-state index contributed by atoms with van der Waals surface area (Å²) in [5.74, 6) is 0.0949. The zero-order valence-corrected chi connectivity index (χ0v) is 14.2. The van der Waals surface area contributed by atoms with E-state index in [1.165, 1.54) is 17.2 Å². The number of imide groups is 1. The van der Waals surface area contributed by atoms with Crippen LogP contribution in [0, 0.1) is 5.92 Å². The molecule has 1 aliphatic heterocycles. The predicted molar refractivity (Wildman–Crippen MR) is 91.1 cm³/mol. The highest BCUT2D eigenvalue weighted by atomic mass is 16.3. The van der Waals surface area contributed by atoms with Crippen molar-refractivity contribution in [2.75, 3.05) is 6.54 Å². The zero-order valence-electron chi connectivity index (χ0n) is 14.2. The van der Waals surface area contributed by atoms with Crippen LogP contribution in [0.5, 0.6) is 0 Å². The second kappa shape index (κ2) is 6.93. The SMILES string of the molecule is CC(C)CCN1C(=O)c2ccc(C(=O)NCc3ccco3)cc2C1=O. The molecule has 0 aliphatic carbocycles. The summed E-state index contributed by atoms with van der Waals surface area (Å²) >= 11 is 0. The lowest BCUT2D eigenvalue weighted by atomic mass is 10.1. The molecule has 0 radical (unpaired) electrons. The Morgan fingerprint density at radius 1 is 1.16 bits per heavy atom. The van der Waals surface area contributed by atoms with Gasteiger partial charge in [-0.3, -0.25) is 19.3 Å². The summed E-state index contributed by atoms with van der Waals surface area (Å²) in [6.45, 7) is 4.74. The van der Waals surface area contributed by atoms with Gasteiger partial charge < -0.3 is 9.73 Å². The molecule has 1 aromatic heterocycles. The Morgan fingerprint density at radius 2 is 1.92 bits per heavy atom. The Hall–Kier alpha value is -2.89. The second-order valence-corrected chi connectivity index (χ2v) is 6.47. The van der Waals surface area contributed by atoms with E-state index < -0.39 is 0 Å². The molecule has 1 aromatic carbocycles. The summed E-state index contributed by atoms with van der Waals surface area (Å²) in [6.07, 6.45) is 2.29. The number of fused-ring (bicyclic) bond motifs is 1. The van der Waals surface area contributed by atoms with E-state index in [1.54, 1.807) is 24.3 Å². The maximum atomic E-state index is 12.5. The Bertz CT molecular complexity index is 809. The molecule has 1 aliphatic rings. The fourth-order valence-corrected chi connectivity index (χ4v) is 2.70. The van der Waals surface area contributed by atoms with E-state index in [-0.39, 0.29) is 24.3 Å². The highest BCUT2D eigenvalue weighted by Crippen LogP contribution is 2.24. The molecule has 6 nitrogen and oxygen atoms in total. The molecule has 2 heterocycles. The first-order valence-electron chi connectivity index (χ1n) is 8.28. The highest BCUT2D eigenvalue weighted by Gasteiger charge is 2.35. The van der Waals surface area contributed by atoms with Crippen LogP contribution in [0.15, 0.2) is 41.0 Å². The molecule has 25 heavy (non-hydrogen) atoms. The second-order valence-electron chi connectivity index (χ2n) is 6.47. The standard InChI is InChI=1S/C19H20N2O4/c1-12(2)7-8-21-18(23)15-6-5-13(10-16(15)19(21)24)17(22)20-11-14-4-3-9-25-14/h3-6,9-10,12H,7-8,11H2,1-2H3,(H,20,22). The van der Waals surface area contributed by atoms with E-state index in [1.807, 2.05) is 13.8 Å². The van der Waals surface area contributed by atoms with Crippen molar-refractivity contribution in [2.24, 2.45) is 5.92 Å². The van der Waals surface area contributed by atoms with E-state index in [4.69, 9.17) is 4.42 Å². The normalized spacial score (nSPS) is 13.5. The van der Waals surface area contributed by atoms with E-state index >= 15 is 0 Å². The third-order valence-electron chi connectivity index (χ3n) is 4.17. The van der Waals surface area contributed by atoms with Gasteiger partial charge in [0.25, 0.3) is 17.7 Å². The van der Waals surface area contributed by atoms with Gasteiger partial charge in [0.05, 0.1) is 23.9 Å². The van der Waals surface area contributed by atoms with Crippen molar-refractivity contribution >= 4 is 17.7 Å². The van der Waals surface area contributed by atoms with E-state index in [0.29, 0.717) is 34.9 Å². The number of nitrogens with zero attached hydrogens (tertiary/aromatic N) is 1. The molecular weight excluding hydrogens is 320 g/mol. The van der Waals surface area contributed by atoms with Crippen LogP contribution in [0.4, 0.5) is 0 Å². The number of rotatable bonds is 6. The Morgan fingerprint density at radius 3 is 2.60 bits per heavy atom. The molecule has 3 rings (SSSR count). The number of carbonyl (C=O) groups excluding carboxylic acids is 3. The van der Waals surface area contributed by atoms with Gasteiger partial charge in [0.1, 0.15) is 5.76 Å². The number of carbonyl (C=O) groups is 3. The van der Waals surface area contributed by atoms with Gasteiger partial charge in [-0.25, -0.2) is 0 Å². The minimum atomic E-state index is -0.332. The number of amides is 3. The van der Waals surface area contributed by atoms with Crippen molar-refractivity contribution in [3.8, 4) is 0 Å². The van der Waals surface area contributed by atoms with Gasteiger partial charge in [-0.05, 0) is 42.7 Å². The third kappa shape index (κ3) is 3.47. The summed E-state index contributed by atoms with van der Waals surface area (Å²) in [7, 11) is 0.